The van der Waals surface area contributed by atoms with Gasteiger partial charge in [-0.3, -0.25) is 9.59 Å². The Balaban J connectivity index is 1.53. The molecule has 0 spiro atoms. The fraction of sp³-hybridized carbons (Fsp3) is 0.278. The van der Waals surface area contributed by atoms with Crippen molar-refractivity contribution in [2.24, 2.45) is 0 Å². The molecule has 0 aliphatic carbocycles. The molecule has 1 aromatic carbocycles. The van der Waals surface area contributed by atoms with E-state index < -0.39 is 11.9 Å². The molecule has 0 atom stereocenters. The maximum absolute atomic E-state index is 12.4. The van der Waals surface area contributed by atoms with Crippen LogP contribution in [-0.4, -0.2) is 46.9 Å². The van der Waals surface area contributed by atoms with E-state index in [1.165, 1.54) is 6.07 Å². The maximum Gasteiger partial charge on any atom is 0.338 e. The van der Waals surface area contributed by atoms with Crippen LogP contribution in [0.15, 0.2) is 47.1 Å². The third-order valence-electron chi connectivity index (χ3n) is 4.21. The first kappa shape index (κ1) is 16.8. The Morgan fingerprint density at radius 2 is 1.76 bits per heavy atom. The molecule has 0 unspecified atom stereocenters. The minimum Gasteiger partial charge on any atom is -0.478 e. The third-order valence-corrected chi connectivity index (χ3v) is 4.21. The molecule has 1 aromatic heterocycles. The van der Waals surface area contributed by atoms with Gasteiger partial charge in [0.25, 0.3) is 11.8 Å². The molecular formula is C18H18N2O5. The molecule has 1 fully saturated rings. The van der Waals surface area contributed by atoms with Crippen LogP contribution in [0.3, 0.4) is 0 Å². The summed E-state index contributed by atoms with van der Waals surface area (Å²) < 4.78 is 4.99. The monoisotopic (exact) mass is 342 g/mol. The summed E-state index contributed by atoms with van der Waals surface area (Å²) >= 11 is 0. The molecule has 0 saturated carbocycles. The van der Waals surface area contributed by atoms with Crippen molar-refractivity contribution < 1.29 is 23.9 Å². The number of aromatic carboxylic acids is 1. The van der Waals surface area contributed by atoms with Crippen LogP contribution >= 0.6 is 0 Å². The summed E-state index contributed by atoms with van der Waals surface area (Å²) in [6.07, 6.45) is 2.31. The summed E-state index contributed by atoms with van der Waals surface area (Å²) in [7, 11) is 0. The van der Waals surface area contributed by atoms with E-state index in [4.69, 9.17) is 9.52 Å². The van der Waals surface area contributed by atoms with Gasteiger partial charge in [-0.2, -0.15) is 0 Å². The highest BCUT2D eigenvalue weighted by atomic mass is 16.4. The Morgan fingerprint density at radius 1 is 1.08 bits per heavy atom. The molecule has 3 rings (SSSR count). The fourth-order valence-corrected chi connectivity index (χ4v) is 2.81. The molecule has 2 N–H and O–H groups in total. The van der Waals surface area contributed by atoms with Gasteiger partial charge < -0.3 is 19.7 Å². The molecule has 0 radical (unpaired) electrons. The Kier molecular flexibility index (Phi) is 4.83. The van der Waals surface area contributed by atoms with E-state index in [-0.39, 0.29) is 23.3 Å². The molecule has 1 aliphatic heterocycles. The number of hydrogen-bond acceptors (Lipinski definition) is 4. The summed E-state index contributed by atoms with van der Waals surface area (Å²) in [5, 5.41) is 11.7. The highest BCUT2D eigenvalue weighted by molar-refractivity contribution is 5.96. The molecule has 25 heavy (non-hydrogen) atoms. The average Bonchev–Trinajstić information content (AvgIpc) is 3.13. The lowest BCUT2D eigenvalue weighted by Crippen LogP contribution is -2.46. The number of carboxylic acids is 1. The smallest absolute Gasteiger partial charge is 0.338 e. The van der Waals surface area contributed by atoms with E-state index in [1.807, 2.05) is 18.2 Å². The minimum absolute atomic E-state index is 0.0116. The first-order chi connectivity index (χ1) is 12.0. The van der Waals surface area contributed by atoms with Gasteiger partial charge in [0.05, 0.1) is 5.56 Å². The van der Waals surface area contributed by atoms with Gasteiger partial charge in [0, 0.05) is 30.8 Å². The van der Waals surface area contributed by atoms with Gasteiger partial charge in [-0.15, -0.1) is 0 Å². The number of piperidine rings is 1. The zero-order valence-corrected chi connectivity index (χ0v) is 13.5. The van der Waals surface area contributed by atoms with Crippen LogP contribution < -0.4 is 5.32 Å². The van der Waals surface area contributed by atoms with Crippen LogP contribution in [0.2, 0.25) is 0 Å². The van der Waals surface area contributed by atoms with Gasteiger partial charge in [0.15, 0.2) is 5.76 Å². The maximum atomic E-state index is 12.4. The van der Waals surface area contributed by atoms with Crippen LogP contribution in [0.25, 0.3) is 0 Å². The Hall–Kier alpha value is -3.09. The van der Waals surface area contributed by atoms with Gasteiger partial charge in [-0.1, -0.05) is 18.2 Å². The summed E-state index contributed by atoms with van der Waals surface area (Å²) in [6, 6.07) is 10.2. The van der Waals surface area contributed by atoms with Crippen molar-refractivity contribution in [1.82, 2.24) is 10.2 Å². The Morgan fingerprint density at radius 3 is 2.36 bits per heavy atom. The molecule has 130 valence electrons. The van der Waals surface area contributed by atoms with Gasteiger partial charge in [0.2, 0.25) is 0 Å². The van der Waals surface area contributed by atoms with Crippen LogP contribution in [0.1, 0.15) is 44.1 Å². The van der Waals surface area contributed by atoms with Gasteiger partial charge in [0.1, 0.15) is 6.26 Å². The van der Waals surface area contributed by atoms with E-state index in [2.05, 4.69) is 5.32 Å². The number of furan rings is 1. The number of hydrogen-bond donors (Lipinski definition) is 2. The third kappa shape index (κ3) is 3.88. The van der Waals surface area contributed by atoms with Gasteiger partial charge in [-0.05, 0) is 25.0 Å². The lowest BCUT2D eigenvalue weighted by molar-refractivity contribution is 0.0684. The second-order valence-corrected chi connectivity index (χ2v) is 5.91. The number of nitrogens with one attached hydrogen (secondary N) is 1. The largest absolute Gasteiger partial charge is 0.478 e. The average molecular weight is 342 g/mol. The number of carbonyl (C=O) groups excluding carboxylic acids is 2. The predicted molar refractivity (Wildman–Crippen MR) is 88.5 cm³/mol. The lowest BCUT2D eigenvalue weighted by Gasteiger charge is -2.32. The fourth-order valence-electron chi connectivity index (χ4n) is 2.81. The number of nitrogens with zero attached hydrogens (tertiary/aromatic N) is 1. The molecule has 0 bridgehead atoms. The number of rotatable bonds is 4. The molecule has 2 aromatic rings. The highest BCUT2D eigenvalue weighted by Gasteiger charge is 2.25. The topological polar surface area (TPSA) is 99.8 Å². The zero-order valence-electron chi connectivity index (χ0n) is 13.5. The van der Waals surface area contributed by atoms with Crippen molar-refractivity contribution >= 4 is 17.8 Å². The summed E-state index contributed by atoms with van der Waals surface area (Å²) in [6.45, 7) is 1.11. The molecule has 7 nitrogen and oxygen atoms in total. The highest BCUT2D eigenvalue weighted by Crippen LogP contribution is 2.15. The van der Waals surface area contributed by atoms with Crippen molar-refractivity contribution in [3.63, 3.8) is 0 Å². The van der Waals surface area contributed by atoms with Crippen LogP contribution in [-0.2, 0) is 0 Å². The first-order valence-corrected chi connectivity index (χ1v) is 8.01. The number of carboxylic acid groups (broad SMARTS) is 1. The lowest BCUT2D eigenvalue weighted by atomic mass is 10.0. The quantitative estimate of drug-likeness (QED) is 0.885. The van der Waals surface area contributed by atoms with Gasteiger partial charge >= 0.3 is 5.97 Å². The van der Waals surface area contributed by atoms with E-state index in [9.17, 15) is 14.4 Å². The number of carbonyl (C=O) groups is 3. The Labute approximate surface area is 144 Å². The summed E-state index contributed by atoms with van der Waals surface area (Å²) in [4.78, 5) is 37.1. The second kappa shape index (κ2) is 7.21. The molecule has 1 aliphatic rings. The first-order valence-electron chi connectivity index (χ1n) is 8.01. The van der Waals surface area contributed by atoms with Gasteiger partial charge in [-0.25, -0.2) is 4.79 Å². The standard InChI is InChI=1S/C18H18N2O5/c21-16(15-10-13(11-25-15)18(23)24)19-14-6-8-20(9-7-14)17(22)12-4-2-1-3-5-12/h1-5,10-11,14H,6-9H2,(H,19,21)(H,23,24). The van der Waals surface area contributed by atoms with E-state index >= 15 is 0 Å². The van der Waals surface area contributed by atoms with Crippen molar-refractivity contribution in [2.75, 3.05) is 13.1 Å². The van der Waals surface area contributed by atoms with E-state index in [1.54, 1.807) is 17.0 Å². The van der Waals surface area contributed by atoms with Crippen molar-refractivity contribution in [2.45, 2.75) is 18.9 Å². The van der Waals surface area contributed by atoms with E-state index in [0.29, 0.717) is 31.5 Å². The van der Waals surface area contributed by atoms with Crippen molar-refractivity contribution in [3.05, 3.63) is 59.5 Å². The predicted octanol–water partition coefficient (Wildman–Crippen LogP) is 2.01. The zero-order chi connectivity index (χ0) is 17.8. The number of benzene rings is 1. The molecule has 2 heterocycles. The molecular weight excluding hydrogens is 324 g/mol. The molecule has 2 amide bonds. The number of amides is 2. The van der Waals surface area contributed by atoms with E-state index in [0.717, 1.165) is 6.26 Å². The second-order valence-electron chi connectivity index (χ2n) is 5.91. The molecule has 1 saturated heterocycles. The summed E-state index contributed by atoms with van der Waals surface area (Å²) in [5.74, 6) is -1.63. The van der Waals surface area contributed by atoms with Crippen LogP contribution in [0.4, 0.5) is 0 Å². The normalized spacial score (nSPS) is 15.0. The SMILES string of the molecule is O=C(O)c1coc(C(=O)NC2CCN(C(=O)c3ccccc3)CC2)c1. The van der Waals surface area contributed by atoms with Crippen molar-refractivity contribution in [3.8, 4) is 0 Å². The summed E-state index contributed by atoms with van der Waals surface area (Å²) in [5.41, 5.74) is 0.593. The van der Waals surface area contributed by atoms with Crippen LogP contribution in [0, 0.1) is 0 Å². The molecule has 7 heteroatoms. The minimum atomic E-state index is -1.14. The van der Waals surface area contributed by atoms with Crippen molar-refractivity contribution in [1.29, 1.82) is 0 Å². The number of likely N-dealkylation sites (tertiary alicyclic amines) is 1. The van der Waals surface area contributed by atoms with Crippen LogP contribution in [0.5, 0.6) is 0 Å². The Bertz CT molecular complexity index is 776.